The highest BCUT2D eigenvalue weighted by molar-refractivity contribution is 6.15. The maximum atomic E-state index is 7.22. The Hall–Kier alpha value is -10.7. The van der Waals surface area contributed by atoms with Crippen LogP contribution in [0.2, 0.25) is 0 Å². The Kier molecular flexibility index (Phi) is 9.92. The van der Waals surface area contributed by atoms with Gasteiger partial charge in [-0.1, -0.05) is 218 Å². The Morgan fingerprint density at radius 3 is 1.29 bits per heavy atom. The summed E-state index contributed by atoms with van der Waals surface area (Å²) >= 11 is 0. The van der Waals surface area contributed by atoms with Crippen molar-refractivity contribution in [1.29, 1.82) is 0 Å². The summed E-state index contributed by atoms with van der Waals surface area (Å²) in [7, 11) is 0. The Morgan fingerprint density at radius 1 is 0.241 bits per heavy atom. The van der Waals surface area contributed by atoms with E-state index in [2.05, 4.69) is 288 Å². The van der Waals surface area contributed by atoms with Gasteiger partial charge in [0.15, 0.2) is 5.58 Å². The molecule has 386 valence electrons. The molecule has 13 aromatic carbocycles. The van der Waals surface area contributed by atoms with E-state index in [-0.39, 0.29) is 0 Å². The summed E-state index contributed by atoms with van der Waals surface area (Å²) < 4.78 is 12.1. The van der Waals surface area contributed by atoms with Crippen molar-refractivity contribution in [3.05, 3.63) is 301 Å². The Morgan fingerprint density at radius 2 is 0.663 bits per heavy atom. The molecule has 0 amide bonds. The fraction of sp³-hybridized carbons (Fsp3) is 0.0250. The van der Waals surface area contributed by atoms with Crippen molar-refractivity contribution in [2.24, 2.45) is 0 Å². The molecule has 0 atom stereocenters. The van der Waals surface area contributed by atoms with Crippen molar-refractivity contribution in [2.45, 2.75) is 12.8 Å². The molecule has 2 aliphatic carbocycles. The van der Waals surface area contributed by atoms with E-state index in [1.807, 2.05) is 0 Å². The topological polar surface area (TPSA) is 23.0 Å². The van der Waals surface area contributed by atoms with Gasteiger partial charge in [-0.2, -0.15) is 0 Å². The van der Waals surface area contributed by atoms with E-state index in [4.69, 9.17) is 4.42 Å². The van der Waals surface area contributed by atoms with E-state index in [0.29, 0.717) is 0 Å². The van der Waals surface area contributed by atoms with Gasteiger partial charge < -0.3 is 13.6 Å². The van der Waals surface area contributed by atoms with Crippen molar-refractivity contribution in [3.8, 4) is 89.3 Å². The molecule has 0 saturated heterocycles. The van der Waals surface area contributed by atoms with Crippen molar-refractivity contribution in [1.82, 2.24) is 9.13 Å². The van der Waals surface area contributed by atoms with E-state index in [1.54, 1.807) is 0 Å². The molecule has 0 bridgehead atoms. The van der Waals surface area contributed by atoms with E-state index in [9.17, 15) is 0 Å². The third-order valence-electron chi connectivity index (χ3n) is 18.2. The number of furan rings is 1. The van der Waals surface area contributed by atoms with Crippen molar-refractivity contribution < 1.29 is 4.42 Å². The normalized spacial score (nSPS) is 12.5. The molecule has 0 radical (unpaired) electrons. The van der Waals surface area contributed by atoms with Gasteiger partial charge in [-0.05, 0) is 168 Å². The van der Waals surface area contributed by atoms with Crippen molar-refractivity contribution in [2.75, 3.05) is 0 Å². The summed E-state index contributed by atoms with van der Waals surface area (Å²) in [6.07, 6.45) is 1.81. The van der Waals surface area contributed by atoms with Gasteiger partial charge in [0.1, 0.15) is 5.58 Å². The highest BCUT2D eigenvalue weighted by Crippen LogP contribution is 2.49. The maximum absolute atomic E-state index is 7.22. The van der Waals surface area contributed by atoms with E-state index in [0.717, 1.165) is 68.3 Å². The first-order valence-electron chi connectivity index (χ1n) is 28.9. The lowest BCUT2D eigenvalue weighted by atomic mass is 9.87. The predicted octanol–water partition coefficient (Wildman–Crippen LogP) is 21.3. The molecule has 3 nitrogen and oxygen atoms in total. The van der Waals surface area contributed by atoms with Crippen LogP contribution < -0.4 is 0 Å². The first-order chi connectivity index (χ1) is 41.2. The zero-order chi connectivity index (χ0) is 54.3. The van der Waals surface area contributed by atoms with Crippen LogP contribution in [0.15, 0.2) is 283 Å². The third-order valence-corrected chi connectivity index (χ3v) is 18.2. The second-order valence-electron chi connectivity index (χ2n) is 22.6. The maximum Gasteiger partial charge on any atom is 0.159 e. The molecule has 0 unspecified atom stereocenters. The van der Waals surface area contributed by atoms with Gasteiger partial charge >= 0.3 is 0 Å². The Balaban J connectivity index is 0.797. The van der Waals surface area contributed by atoms with Gasteiger partial charge in [0, 0.05) is 43.6 Å². The summed E-state index contributed by atoms with van der Waals surface area (Å²) in [6.45, 7) is 0. The number of benzene rings is 13. The van der Waals surface area contributed by atoms with Crippen LogP contribution in [0.25, 0.3) is 155 Å². The summed E-state index contributed by atoms with van der Waals surface area (Å²) in [6, 6.07) is 103. The lowest BCUT2D eigenvalue weighted by Gasteiger charge is -2.17. The lowest BCUT2D eigenvalue weighted by molar-refractivity contribution is 0.667. The molecule has 3 aromatic heterocycles. The highest BCUT2D eigenvalue weighted by Gasteiger charge is 2.27. The van der Waals surface area contributed by atoms with E-state index in [1.165, 1.54) is 122 Å². The van der Waals surface area contributed by atoms with Crippen LogP contribution in [-0.4, -0.2) is 9.13 Å². The number of fused-ring (bicyclic) bond motifs is 15. The van der Waals surface area contributed by atoms with E-state index < -0.39 is 0 Å². The monoisotopic (exact) mass is 1050 g/mol. The van der Waals surface area contributed by atoms with Crippen molar-refractivity contribution >= 4 is 65.6 Å². The zero-order valence-corrected chi connectivity index (χ0v) is 45.3. The highest BCUT2D eigenvalue weighted by atomic mass is 16.3. The van der Waals surface area contributed by atoms with Crippen LogP contribution in [-0.2, 0) is 12.8 Å². The van der Waals surface area contributed by atoms with Crippen LogP contribution >= 0.6 is 0 Å². The largest absolute Gasteiger partial charge is 0.453 e. The molecule has 0 N–H and O–H groups in total. The molecule has 0 fully saturated rings. The number of hydrogen-bond donors (Lipinski definition) is 0. The number of rotatable bonds is 7. The second-order valence-corrected chi connectivity index (χ2v) is 22.6. The molecule has 16 aromatic rings. The molecule has 0 saturated carbocycles. The van der Waals surface area contributed by atoms with Crippen molar-refractivity contribution in [3.63, 3.8) is 0 Å². The van der Waals surface area contributed by atoms with E-state index >= 15 is 0 Å². The molecule has 2 aliphatic rings. The van der Waals surface area contributed by atoms with Gasteiger partial charge in [-0.25, -0.2) is 0 Å². The molecule has 83 heavy (non-hydrogen) atoms. The van der Waals surface area contributed by atoms with Crippen LogP contribution in [0.3, 0.4) is 0 Å². The third kappa shape index (κ3) is 6.92. The second kappa shape index (κ2) is 17.9. The molecule has 0 spiro atoms. The van der Waals surface area contributed by atoms with Gasteiger partial charge in [0.2, 0.25) is 0 Å². The number of aromatic nitrogens is 2. The fourth-order valence-corrected chi connectivity index (χ4v) is 14.5. The Bertz CT molecular complexity index is 5300. The van der Waals surface area contributed by atoms with Crippen LogP contribution in [0.5, 0.6) is 0 Å². The Labute approximate surface area is 479 Å². The molecule has 18 rings (SSSR count). The van der Waals surface area contributed by atoms with Crippen LogP contribution in [0.1, 0.15) is 22.3 Å². The summed E-state index contributed by atoms with van der Waals surface area (Å²) in [5, 5.41) is 7.15. The lowest BCUT2D eigenvalue weighted by Crippen LogP contribution is -1.98. The van der Waals surface area contributed by atoms with Crippen LogP contribution in [0.4, 0.5) is 0 Å². The first-order valence-corrected chi connectivity index (χ1v) is 28.9. The molecular formula is C80H50N2O. The smallest absolute Gasteiger partial charge is 0.159 e. The van der Waals surface area contributed by atoms with Crippen LogP contribution in [0, 0.1) is 0 Å². The SMILES string of the molecule is c1cc(-c2cc(-n3c4ccccc4c4ccccc43)cc3c2Cc2ccc(-c4ccccc4-c4ccccc4-c4ccc5c(c4)-c4ccccc4C5)cc2-3)cc(-c2cccc3c2oc2c(-n4c5ccccc5c5ccccc54)cccc23)c1. The van der Waals surface area contributed by atoms with Gasteiger partial charge in [-0.15, -0.1) is 0 Å². The average molecular weight is 1060 g/mol. The quantitative estimate of drug-likeness (QED) is 0.156. The number of para-hydroxylation sites is 6. The minimum absolute atomic E-state index is 0.828. The zero-order valence-electron chi connectivity index (χ0n) is 45.3. The summed E-state index contributed by atoms with van der Waals surface area (Å²) in [4.78, 5) is 0. The molecule has 0 aliphatic heterocycles. The molecular weight excluding hydrogens is 1000 g/mol. The fourth-order valence-electron chi connectivity index (χ4n) is 14.5. The number of nitrogens with zero attached hydrogens (tertiary/aromatic N) is 2. The minimum atomic E-state index is 0.828. The van der Waals surface area contributed by atoms with Gasteiger partial charge in [0.25, 0.3) is 0 Å². The standard InChI is InChI=1S/C80H50N2O/c1-2-23-59-49(18-1)42-52-38-39-53(44-69(52)59)57-21-3-5-24-61(57)62-25-6-4-22-58(62)54-40-41-55-46-72-71(47-56(48-73(72)70(55)45-54)81-74-33-11-7-26-63(74)64-27-8-12-34-75(64)81)51-20-15-19-50(43-51)60-30-16-31-67-68-32-17-37-78(80(68)83-79(60)67)82-76-35-13-9-28-65(76)66-29-10-14-36-77(66)82/h1-41,43-45,47-48H,42,46H2. The van der Waals surface area contributed by atoms with Gasteiger partial charge in [0.05, 0.1) is 27.8 Å². The van der Waals surface area contributed by atoms with Gasteiger partial charge in [-0.3, -0.25) is 0 Å². The minimum Gasteiger partial charge on any atom is -0.453 e. The summed E-state index contributed by atoms with van der Waals surface area (Å²) in [5.74, 6) is 0. The first kappa shape index (κ1) is 46.1. The molecule has 3 heterocycles. The molecule has 3 heteroatoms. The number of hydrogen-bond acceptors (Lipinski definition) is 1. The summed E-state index contributed by atoms with van der Waals surface area (Å²) in [5.41, 5.74) is 31.3. The average Bonchev–Trinajstić information content (AvgIpc) is 2.41. The predicted molar refractivity (Wildman–Crippen MR) is 346 cm³/mol.